The summed E-state index contributed by atoms with van der Waals surface area (Å²) < 4.78 is 4.58. The minimum Gasteiger partial charge on any atom is -0.469 e. The summed E-state index contributed by atoms with van der Waals surface area (Å²) in [6, 6.07) is 7.44. The number of thiocarbonyl (C=S) groups is 1. The molecule has 16 heavy (non-hydrogen) atoms. The van der Waals surface area contributed by atoms with Gasteiger partial charge in [-0.1, -0.05) is 12.1 Å². The topological polar surface area (TPSA) is 50.4 Å². The first-order valence-electron chi connectivity index (χ1n) is 4.80. The van der Waals surface area contributed by atoms with E-state index in [0.717, 1.165) is 11.3 Å². The van der Waals surface area contributed by atoms with Gasteiger partial charge in [0.25, 0.3) is 0 Å². The number of hydrogen-bond acceptors (Lipinski definition) is 3. The number of methoxy groups -OCH3 is 1. The zero-order valence-electron chi connectivity index (χ0n) is 9.24. The molecule has 0 fully saturated rings. The van der Waals surface area contributed by atoms with Crippen LogP contribution in [0.2, 0.25) is 0 Å². The highest BCUT2D eigenvalue weighted by Gasteiger charge is 2.02. The number of hydrogen-bond donors (Lipinski definition) is 2. The largest absolute Gasteiger partial charge is 0.469 e. The van der Waals surface area contributed by atoms with E-state index < -0.39 is 0 Å². The van der Waals surface area contributed by atoms with Gasteiger partial charge in [0.15, 0.2) is 5.11 Å². The molecule has 4 nitrogen and oxygen atoms in total. The molecule has 0 aliphatic rings. The van der Waals surface area contributed by atoms with Gasteiger partial charge in [0.05, 0.1) is 13.5 Å². The van der Waals surface area contributed by atoms with Crippen molar-refractivity contribution in [2.45, 2.75) is 6.42 Å². The summed E-state index contributed by atoms with van der Waals surface area (Å²) in [4.78, 5) is 11.0. The number of rotatable bonds is 3. The third kappa shape index (κ3) is 3.86. The molecular formula is C11H14N2O2S. The number of anilines is 1. The maximum atomic E-state index is 11.0. The van der Waals surface area contributed by atoms with Crippen molar-refractivity contribution in [1.29, 1.82) is 0 Å². The zero-order valence-corrected chi connectivity index (χ0v) is 10.1. The molecule has 86 valence electrons. The summed E-state index contributed by atoms with van der Waals surface area (Å²) in [5.41, 5.74) is 1.79. The van der Waals surface area contributed by atoms with Gasteiger partial charge in [0.2, 0.25) is 0 Å². The Balaban J connectivity index is 2.60. The molecule has 5 heteroatoms. The smallest absolute Gasteiger partial charge is 0.309 e. The number of esters is 1. The fraction of sp³-hybridized carbons (Fsp3) is 0.273. The van der Waals surface area contributed by atoms with Crippen LogP contribution < -0.4 is 10.6 Å². The summed E-state index contributed by atoms with van der Waals surface area (Å²) in [5.74, 6) is -0.244. The van der Waals surface area contributed by atoms with Crippen LogP contribution in [-0.2, 0) is 16.0 Å². The second kappa shape index (κ2) is 6.07. The lowest BCUT2D eigenvalue weighted by Gasteiger charge is -2.07. The molecule has 0 heterocycles. The molecule has 0 atom stereocenters. The van der Waals surface area contributed by atoms with Crippen LogP contribution in [-0.4, -0.2) is 25.2 Å². The van der Waals surface area contributed by atoms with E-state index in [1.807, 2.05) is 24.3 Å². The number of nitrogens with one attached hydrogen (secondary N) is 2. The van der Waals surface area contributed by atoms with E-state index in [2.05, 4.69) is 15.4 Å². The summed E-state index contributed by atoms with van der Waals surface area (Å²) in [7, 11) is 3.13. The Kier molecular flexibility index (Phi) is 4.72. The van der Waals surface area contributed by atoms with Gasteiger partial charge in [-0.25, -0.2) is 0 Å². The van der Waals surface area contributed by atoms with Crippen molar-refractivity contribution in [2.75, 3.05) is 19.5 Å². The van der Waals surface area contributed by atoms with Gasteiger partial charge in [-0.15, -0.1) is 0 Å². The van der Waals surface area contributed by atoms with Gasteiger partial charge in [0.1, 0.15) is 0 Å². The molecule has 1 rings (SSSR count). The van der Waals surface area contributed by atoms with Crippen LogP contribution >= 0.6 is 12.2 Å². The quantitative estimate of drug-likeness (QED) is 0.614. The van der Waals surface area contributed by atoms with E-state index in [1.165, 1.54) is 7.11 Å². The van der Waals surface area contributed by atoms with E-state index in [9.17, 15) is 4.79 Å². The SMILES string of the molecule is CNC(=S)Nc1ccc(CC(=O)OC)cc1. The van der Waals surface area contributed by atoms with Gasteiger partial charge in [-0.3, -0.25) is 4.79 Å². The van der Waals surface area contributed by atoms with E-state index in [4.69, 9.17) is 12.2 Å². The average molecular weight is 238 g/mol. The predicted octanol–water partition coefficient (Wildman–Crippen LogP) is 1.32. The Bertz CT molecular complexity index is 339. The molecule has 0 aliphatic heterocycles. The highest BCUT2D eigenvalue weighted by molar-refractivity contribution is 7.80. The van der Waals surface area contributed by atoms with Gasteiger partial charge >= 0.3 is 5.97 Å². The van der Waals surface area contributed by atoms with Crippen molar-refractivity contribution < 1.29 is 9.53 Å². The van der Waals surface area contributed by atoms with Gasteiger partial charge in [-0.2, -0.15) is 0 Å². The molecule has 0 aliphatic carbocycles. The molecule has 0 radical (unpaired) electrons. The third-order valence-electron chi connectivity index (χ3n) is 2.01. The lowest BCUT2D eigenvalue weighted by Crippen LogP contribution is -2.24. The molecule has 0 aromatic heterocycles. The fourth-order valence-corrected chi connectivity index (χ4v) is 1.26. The second-order valence-electron chi connectivity index (χ2n) is 3.15. The first-order chi connectivity index (χ1) is 7.65. The third-order valence-corrected chi connectivity index (χ3v) is 2.32. The van der Waals surface area contributed by atoms with Crippen LogP contribution in [0, 0.1) is 0 Å². The van der Waals surface area contributed by atoms with Crippen LogP contribution in [0.15, 0.2) is 24.3 Å². The van der Waals surface area contributed by atoms with Gasteiger partial charge in [-0.05, 0) is 29.9 Å². The summed E-state index contributed by atoms with van der Waals surface area (Å²) in [5, 5.41) is 6.36. The normalized spacial score (nSPS) is 9.38. The highest BCUT2D eigenvalue weighted by atomic mass is 32.1. The van der Waals surface area contributed by atoms with E-state index in [0.29, 0.717) is 5.11 Å². The van der Waals surface area contributed by atoms with Crippen LogP contribution in [0.3, 0.4) is 0 Å². The Morgan fingerprint density at radius 1 is 1.38 bits per heavy atom. The van der Waals surface area contributed by atoms with Gasteiger partial charge < -0.3 is 15.4 Å². The van der Waals surface area contributed by atoms with Crippen molar-refractivity contribution in [2.24, 2.45) is 0 Å². The number of carbonyl (C=O) groups is 1. The first kappa shape index (κ1) is 12.4. The number of carbonyl (C=O) groups excluding carboxylic acids is 1. The molecule has 0 bridgehead atoms. The van der Waals surface area contributed by atoms with Crippen molar-refractivity contribution >= 4 is 29.0 Å². The molecule has 0 spiro atoms. The minimum absolute atomic E-state index is 0.244. The number of ether oxygens (including phenoxy) is 1. The molecular weight excluding hydrogens is 224 g/mol. The average Bonchev–Trinajstić information content (AvgIpc) is 2.31. The van der Waals surface area contributed by atoms with Crippen molar-refractivity contribution in [3.05, 3.63) is 29.8 Å². The van der Waals surface area contributed by atoms with Crippen LogP contribution in [0.5, 0.6) is 0 Å². The molecule has 1 aromatic carbocycles. The summed E-state index contributed by atoms with van der Waals surface area (Å²) in [6.45, 7) is 0. The van der Waals surface area contributed by atoms with E-state index >= 15 is 0 Å². The van der Waals surface area contributed by atoms with Crippen LogP contribution in [0.25, 0.3) is 0 Å². The lowest BCUT2D eigenvalue weighted by atomic mass is 10.1. The molecule has 0 unspecified atom stereocenters. The van der Waals surface area contributed by atoms with Crippen molar-refractivity contribution in [3.63, 3.8) is 0 Å². The zero-order chi connectivity index (χ0) is 12.0. The standard InChI is InChI=1S/C11H14N2O2S/c1-12-11(16)13-9-5-3-8(4-6-9)7-10(14)15-2/h3-6H,7H2,1-2H3,(H2,12,13,16). The maximum Gasteiger partial charge on any atom is 0.309 e. The lowest BCUT2D eigenvalue weighted by molar-refractivity contribution is -0.139. The predicted molar refractivity (Wildman–Crippen MR) is 67.4 cm³/mol. The van der Waals surface area contributed by atoms with Crippen molar-refractivity contribution in [3.8, 4) is 0 Å². The monoisotopic (exact) mass is 238 g/mol. The highest BCUT2D eigenvalue weighted by Crippen LogP contribution is 2.10. The van der Waals surface area contributed by atoms with Gasteiger partial charge in [0, 0.05) is 12.7 Å². The summed E-state index contributed by atoms with van der Waals surface area (Å²) in [6.07, 6.45) is 0.285. The fourth-order valence-electron chi connectivity index (χ4n) is 1.14. The Labute approximate surface area is 100.0 Å². The first-order valence-corrected chi connectivity index (χ1v) is 5.21. The molecule has 0 saturated heterocycles. The van der Waals surface area contributed by atoms with Crippen LogP contribution in [0.4, 0.5) is 5.69 Å². The van der Waals surface area contributed by atoms with Crippen LogP contribution in [0.1, 0.15) is 5.56 Å². The van der Waals surface area contributed by atoms with E-state index in [1.54, 1.807) is 7.05 Å². The summed E-state index contributed by atoms with van der Waals surface area (Å²) >= 11 is 4.96. The number of benzene rings is 1. The van der Waals surface area contributed by atoms with E-state index in [-0.39, 0.29) is 12.4 Å². The second-order valence-corrected chi connectivity index (χ2v) is 3.56. The molecule has 0 amide bonds. The molecule has 0 saturated carbocycles. The minimum atomic E-state index is -0.244. The maximum absolute atomic E-state index is 11.0. The Morgan fingerprint density at radius 2 is 2.00 bits per heavy atom. The molecule has 2 N–H and O–H groups in total. The Hall–Kier alpha value is -1.62. The molecule has 1 aromatic rings. The van der Waals surface area contributed by atoms with Crippen molar-refractivity contribution in [1.82, 2.24) is 5.32 Å². The Morgan fingerprint density at radius 3 is 2.50 bits per heavy atom.